The fourth-order valence-electron chi connectivity index (χ4n) is 3.94. The fraction of sp³-hybridized carbons (Fsp3) is 0.882. The lowest BCUT2D eigenvalue weighted by Gasteiger charge is -2.50. The molecule has 2 rings (SSSR count). The van der Waals surface area contributed by atoms with E-state index in [9.17, 15) is 9.59 Å². The minimum Gasteiger partial charge on any atom is -0.329 e. The second-order valence-electron chi connectivity index (χ2n) is 6.83. The van der Waals surface area contributed by atoms with Crippen LogP contribution in [0.1, 0.15) is 66.2 Å². The molecule has 2 fully saturated rings. The van der Waals surface area contributed by atoms with Crippen LogP contribution in [0.25, 0.3) is 0 Å². The highest BCUT2D eigenvalue weighted by molar-refractivity contribution is 5.97. The van der Waals surface area contributed by atoms with E-state index in [-0.39, 0.29) is 35.9 Å². The third-order valence-corrected chi connectivity index (χ3v) is 5.00. The number of piperidine rings is 1. The number of hydrogen-bond donors (Lipinski definition) is 0. The maximum Gasteiger partial charge on any atom is 0.246 e. The molecule has 0 bridgehead atoms. The van der Waals surface area contributed by atoms with Crippen molar-refractivity contribution in [2.24, 2.45) is 5.92 Å². The van der Waals surface area contributed by atoms with Gasteiger partial charge in [0.25, 0.3) is 0 Å². The van der Waals surface area contributed by atoms with Gasteiger partial charge in [0, 0.05) is 12.6 Å². The molecule has 4 heteroatoms. The first-order valence-electron chi connectivity index (χ1n) is 8.65. The SMILES string of the molecule is CCCC(CC)N1C(=O)C2CCCCN2C(=O)C1C(C)C. The van der Waals surface area contributed by atoms with Gasteiger partial charge in [-0.2, -0.15) is 0 Å². The summed E-state index contributed by atoms with van der Waals surface area (Å²) in [6.45, 7) is 9.16. The van der Waals surface area contributed by atoms with Crippen molar-refractivity contribution in [3.8, 4) is 0 Å². The first-order valence-corrected chi connectivity index (χ1v) is 8.65. The molecule has 120 valence electrons. The molecule has 4 nitrogen and oxygen atoms in total. The highest BCUT2D eigenvalue weighted by Gasteiger charge is 2.49. The smallest absolute Gasteiger partial charge is 0.246 e. The topological polar surface area (TPSA) is 40.6 Å². The molecule has 0 radical (unpaired) electrons. The van der Waals surface area contributed by atoms with Gasteiger partial charge in [-0.15, -0.1) is 0 Å². The Morgan fingerprint density at radius 2 is 1.86 bits per heavy atom. The zero-order valence-corrected chi connectivity index (χ0v) is 14.0. The van der Waals surface area contributed by atoms with E-state index >= 15 is 0 Å². The van der Waals surface area contributed by atoms with E-state index in [1.807, 2.05) is 9.80 Å². The molecular weight excluding hydrogens is 264 g/mol. The van der Waals surface area contributed by atoms with Crippen molar-refractivity contribution in [1.29, 1.82) is 0 Å². The van der Waals surface area contributed by atoms with Crippen LogP contribution < -0.4 is 0 Å². The van der Waals surface area contributed by atoms with Crippen molar-refractivity contribution in [2.45, 2.75) is 84.3 Å². The summed E-state index contributed by atoms with van der Waals surface area (Å²) in [4.78, 5) is 29.8. The first kappa shape index (κ1) is 16.3. The Balaban J connectivity index is 2.34. The zero-order valence-electron chi connectivity index (χ0n) is 14.0. The van der Waals surface area contributed by atoms with Crippen molar-refractivity contribution < 1.29 is 9.59 Å². The summed E-state index contributed by atoms with van der Waals surface area (Å²) in [6.07, 6.45) is 5.91. The van der Waals surface area contributed by atoms with Gasteiger partial charge in [-0.3, -0.25) is 9.59 Å². The van der Waals surface area contributed by atoms with Crippen molar-refractivity contribution in [2.75, 3.05) is 6.54 Å². The molecule has 2 saturated heterocycles. The Kier molecular flexibility index (Phi) is 5.28. The minimum atomic E-state index is -0.261. The zero-order chi connectivity index (χ0) is 15.6. The molecule has 2 amide bonds. The van der Waals surface area contributed by atoms with Gasteiger partial charge in [-0.25, -0.2) is 0 Å². The molecule has 0 saturated carbocycles. The molecule has 0 aromatic carbocycles. The van der Waals surface area contributed by atoms with Crippen LogP contribution in [0.4, 0.5) is 0 Å². The fourth-order valence-corrected chi connectivity index (χ4v) is 3.94. The summed E-state index contributed by atoms with van der Waals surface area (Å²) in [7, 11) is 0. The average molecular weight is 294 g/mol. The lowest BCUT2D eigenvalue weighted by atomic mass is 9.88. The molecule has 3 unspecified atom stereocenters. The number of hydrogen-bond acceptors (Lipinski definition) is 2. The minimum absolute atomic E-state index is 0.176. The largest absolute Gasteiger partial charge is 0.329 e. The van der Waals surface area contributed by atoms with E-state index in [0.29, 0.717) is 0 Å². The third-order valence-electron chi connectivity index (χ3n) is 5.00. The molecule has 2 aliphatic heterocycles. The summed E-state index contributed by atoms with van der Waals surface area (Å²) >= 11 is 0. The molecule has 0 aromatic rings. The number of amides is 2. The average Bonchev–Trinajstić information content (AvgIpc) is 2.48. The predicted molar refractivity (Wildman–Crippen MR) is 83.8 cm³/mol. The quantitative estimate of drug-likeness (QED) is 0.782. The van der Waals surface area contributed by atoms with Crippen LogP contribution in [0.3, 0.4) is 0 Å². The van der Waals surface area contributed by atoms with E-state index < -0.39 is 0 Å². The lowest BCUT2D eigenvalue weighted by Crippen LogP contribution is -2.68. The summed E-state index contributed by atoms with van der Waals surface area (Å²) < 4.78 is 0. The van der Waals surface area contributed by atoms with Crippen molar-refractivity contribution in [3.63, 3.8) is 0 Å². The normalized spacial score (nSPS) is 28.0. The standard InChI is InChI=1S/C17H30N2O2/c1-5-9-13(6-2)19-15(12(3)4)17(21)18-11-8-7-10-14(18)16(19)20/h12-15H,5-11H2,1-4H3. The Morgan fingerprint density at radius 3 is 2.43 bits per heavy atom. The molecule has 3 atom stereocenters. The summed E-state index contributed by atoms with van der Waals surface area (Å²) in [5.74, 6) is 0.562. The van der Waals surface area contributed by atoms with Gasteiger partial charge in [0.2, 0.25) is 11.8 Å². The maximum atomic E-state index is 13.0. The highest BCUT2D eigenvalue weighted by Crippen LogP contribution is 2.32. The van der Waals surface area contributed by atoms with Gasteiger partial charge in [0.05, 0.1) is 0 Å². The molecule has 2 aliphatic rings. The number of piperazine rings is 1. The number of carbonyl (C=O) groups is 2. The third kappa shape index (κ3) is 2.95. The first-order chi connectivity index (χ1) is 10.0. The van der Waals surface area contributed by atoms with E-state index in [2.05, 4.69) is 27.7 Å². The lowest BCUT2D eigenvalue weighted by molar-refractivity contribution is -0.169. The van der Waals surface area contributed by atoms with Gasteiger partial charge >= 0.3 is 0 Å². The summed E-state index contributed by atoms with van der Waals surface area (Å²) in [5, 5.41) is 0. The molecule has 0 N–H and O–H groups in total. The monoisotopic (exact) mass is 294 g/mol. The number of fused-ring (bicyclic) bond motifs is 1. The van der Waals surface area contributed by atoms with Crippen LogP contribution in [0.2, 0.25) is 0 Å². The van der Waals surface area contributed by atoms with Gasteiger partial charge in [-0.1, -0.05) is 34.1 Å². The summed E-state index contributed by atoms with van der Waals surface area (Å²) in [5.41, 5.74) is 0. The Morgan fingerprint density at radius 1 is 1.14 bits per heavy atom. The van der Waals surface area contributed by atoms with Crippen molar-refractivity contribution >= 4 is 11.8 Å². The van der Waals surface area contributed by atoms with E-state index in [1.165, 1.54) is 0 Å². The number of carbonyl (C=O) groups excluding carboxylic acids is 2. The molecule has 2 heterocycles. The van der Waals surface area contributed by atoms with E-state index in [0.717, 1.165) is 45.1 Å². The van der Waals surface area contributed by atoms with Crippen LogP contribution >= 0.6 is 0 Å². The number of rotatable bonds is 5. The van der Waals surface area contributed by atoms with Gasteiger partial charge in [0.15, 0.2) is 0 Å². The van der Waals surface area contributed by atoms with Crippen molar-refractivity contribution in [1.82, 2.24) is 9.80 Å². The van der Waals surface area contributed by atoms with Crippen molar-refractivity contribution in [3.05, 3.63) is 0 Å². The molecule has 21 heavy (non-hydrogen) atoms. The second-order valence-corrected chi connectivity index (χ2v) is 6.83. The van der Waals surface area contributed by atoms with Crippen LogP contribution in [0.5, 0.6) is 0 Å². The van der Waals surface area contributed by atoms with Crippen LogP contribution in [0, 0.1) is 5.92 Å². The molecule has 0 spiro atoms. The number of nitrogens with zero attached hydrogens (tertiary/aromatic N) is 2. The maximum absolute atomic E-state index is 13.0. The summed E-state index contributed by atoms with van der Waals surface area (Å²) in [6, 6.07) is -0.238. The molecule has 0 aromatic heterocycles. The van der Waals surface area contributed by atoms with E-state index in [4.69, 9.17) is 0 Å². The van der Waals surface area contributed by atoms with Crippen LogP contribution in [0.15, 0.2) is 0 Å². The predicted octanol–water partition coefficient (Wildman–Crippen LogP) is 2.81. The van der Waals surface area contributed by atoms with Crippen LogP contribution in [-0.2, 0) is 9.59 Å². The molecule has 0 aliphatic carbocycles. The van der Waals surface area contributed by atoms with Gasteiger partial charge < -0.3 is 9.80 Å². The van der Waals surface area contributed by atoms with Gasteiger partial charge in [-0.05, 0) is 38.0 Å². The Hall–Kier alpha value is -1.06. The Bertz CT molecular complexity index is 394. The van der Waals surface area contributed by atoms with Gasteiger partial charge in [0.1, 0.15) is 12.1 Å². The Labute approximate surface area is 128 Å². The highest BCUT2D eigenvalue weighted by atomic mass is 16.2. The van der Waals surface area contributed by atoms with E-state index in [1.54, 1.807) is 0 Å². The molecular formula is C17H30N2O2. The van der Waals surface area contributed by atoms with Crippen LogP contribution in [-0.4, -0.2) is 46.3 Å². The second kappa shape index (κ2) is 6.80.